The first-order valence-corrected chi connectivity index (χ1v) is 7.25. The van der Waals surface area contributed by atoms with Crippen molar-refractivity contribution in [2.45, 2.75) is 11.8 Å². The van der Waals surface area contributed by atoms with E-state index in [2.05, 4.69) is 9.46 Å². The number of rotatable bonds is 6. The van der Waals surface area contributed by atoms with Crippen LogP contribution in [0.1, 0.15) is 6.92 Å². The van der Waals surface area contributed by atoms with Crippen molar-refractivity contribution < 1.29 is 22.7 Å². The molecule has 0 aliphatic rings. The zero-order valence-corrected chi connectivity index (χ0v) is 12.0. The first-order valence-electron chi connectivity index (χ1n) is 5.39. The van der Waals surface area contributed by atoms with Crippen molar-refractivity contribution in [2.24, 2.45) is 0 Å². The summed E-state index contributed by atoms with van der Waals surface area (Å²) in [6.07, 6.45) is 0. The van der Waals surface area contributed by atoms with Crippen LogP contribution in [0.3, 0.4) is 0 Å². The second-order valence-corrected chi connectivity index (χ2v) is 5.60. The molecule has 0 spiro atoms. The predicted octanol–water partition coefficient (Wildman–Crippen LogP) is 1.19. The number of halogens is 1. The van der Waals surface area contributed by atoms with Gasteiger partial charge in [-0.05, 0) is 19.1 Å². The van der Waals surface area contributed by atoms with Gasteiger partial charge in [0.2, 0.25) is 10.0 Å². The molecule has 1 aromatic rings. The van der Waals surface area contributed by atoms with Gasteiger partial charge in [0.25, 0.3) is 0 Å². The van der Waals surface area contributed by atoms with E-state index in [0.29, 0.717) is 5.02 Å². The lowest BCUT2D eigenvalue weighted by Gasteiger charge is -2.10. The number of ether oxygens (including phenoxy) is 2. The zero-order chi connectivity index (χ0) is 14.5. The summed E-state index contributed by atoms with van der Waals surface area (Å²) in [7, 11) is -2.54. The molecule has 8 heteroatoms. The Morgan fingerprint density at radius 1 is 1.42 bits per heavy atom. The quantitative estimate of drug-likeness (QED) is 0.798. The molecule has 0 bridgehead atoms. The summed E-state index contributed by atoms with van der Waals surface area (Å²) in [5.74, 6) is -0.553. The Bertz CT molecular complexity index is 558. The third-order valence-corrected chi connectivity index (χ3v) is 3.80. The number of esters is 1. The van der Waals surface area contributed by atoms with E-state index in [4.69, 9.17) is 16.3 Å². The minimum absolute atomic E-state index is 0.0938. The van der Waals surface area contributed by atoms with Gasteiger partial charge in [0, 0.05) is 11.1 Å². The summed E-state index contributed by atoms with van der Waals surface area (Å²) in [5.41, 5.74) is 0. The Hall–Kier alpha value is -1.31. The molecule has 0 aliphatic heterocycles. The maximum atomic E-state index is 12.0. The molecule has 0 unspecified atom stereocenters. The van der Waals surface area contributed by atoms with Crippen molar-refractivity contribution in [3.05, 3.63) is 23.2 Å². The van der Waals surface area contributed by atoms with Crippen LogP contribution in [0.4, 0.5) is 0 Å². The third kappa shape index (κ3) is 4.38. The molecule has 1 N–H and O–H groups in total. The average Bonchev–Trinajstić information content (AvgIpc) is 2.36. The normalized spacial score (nSPS) is 11.1. The van der Waals surface area contributed by atoms with Gasteiger partial charge < -0.3 is 9.47 Å². The van der Waals surface area contributed by atoms with Gasteiger partial charge in [-0.1, -0.05) is 11.6 Å². The van der Waals surface area contributed by atoms with Gasteiger partial charge in [-0.25, -0.2) is 8.42 Å². The topological polar surface area (TPSA) is 81.7 Å². The van der Waals surface area contributed by atoms with Crippen molar-refractivity contribution in [1.29, 1.82) is 0 Å². The minimum atomic E-state index is -3.87. The van der Waals surface area contributed by atoms with E-state index >= 15 is 0 Å². The number of carbonyl (C=O) groups excluding carboxylic acids is 1. The monoisotopic (exact) mass is 307 g/mol. The molecule has 0 heterocycles. The van der Waals surface area contributed by atoms with Crippen molar-refractivity contribution >= 4 is 27.6 Å². The standard InChI is InChI=1S/C11H14ClNO5S/c1-3-18-11(14)7-13-19(15,16)10-5-4-8(12)6-9(10)17-2/h4-6,13H,3,7H2,1-2H3. The van der Waals surface area contributed by atoms with Crippen LogP contribution >= 0.6 is 11.6 Å². The third-order valence-electron chi connectivity index (χ3n) is 2.13. The molecule has 0 amide bonds. The fourth-order valence-corrected chi connectivity index (χ4v) is 2.59. The van der Waals surface area contributed by atoms with E-state index < -0.39 is 22.5 Å². The number of hydrogen-bond acceptors (Lipinski definition) is 5. The number of methoxy groups -OCH3 is 1. The fraction of sp³-hybridized carbons (Fsp3) is 0.364. The van der Waals surface area contributed by atoms with Gasteiger partial charge in [-0.3, -0.25) is 4.79 Å². The van der Waals surface area contributed by atoms with Crippen LogP contribution in [0.15, 0.2) is 23.1 Å². The number of carbonyl (C=O) groups is 1. The van der Waals surface area contributed by atoms with Crippen molar-refractivity contribution in [3.8, 4) is 5.75 Å². The zero-order valence-electron chi connectivity index (χ0n) is 10.5. The molecule has 0 aliphatic carbocycles. The second-order valence-electron chi connectivity index (χ2n) is 3.42. The maximum Gasteiger partial charge on any atom is 0.321 e. The fourth-order valence-electron chi connectivity index (χ4n) is 1.31. The Balaban J connectivity index is 2.91. The Morgan fingerprint density at radius 3 is 2.68 bits per heavy atom. The Kier molecular flexibility index (Phi) is 5.59. The van der Waals surface area contributed by atoms with E-state index in [1.165, 1.54) is 25.3 Å². The van der Waals surface area contributed by atoms with Crippen LogP contribution in [0.2, 0.25) is 5.02 Å². The highest BCUT2D eigenvalue weighted by atomic mass is 35.5. The molecule has 0 atom stereocenters. The lowest BCUT2D eigenvalue weighted by molar-refractivity contribution is -0.141. The van der Waals surface area contributed by atoms with Crippen molar-refractivity contribution in [1.82, 2.24) is 4.72 Å². The number of sulfonamides is 1. The van der Waals surface area contributed by atoms with Crippen molar-refractivity contribution in [2.75, 3.05) is 20.3 Å². The molecular weight excluding hydrogens is 294 g/mol. The molecule has 6 nitrogen and oxygen atoms in total. The summed E-state index contributed by atoms with van der Waals surface area (Å²) in [4.78, 5) is 11.0. The highest BCUT2D eigenvalue weighted by Crippen LogP contribution is 2.26. The lowest BCUT2D eigenvalue weighted by Crippen LogP contribution is -2.31. The van der Waals surface area contributed by atoms with E-state index in [9.17, 15) is 13.2 Å². The smallest absolute Gasteiger partial charge is 0.321 e. The lowest BCUT2D eigenvalue weighted by atomic mass is 10.3. The van der Waals surface area contributed by atoms with Gasteiger partial charge in [0.15, 0.2) is 0 Å². The van der Waals surface area contributed by atoms with Crippen LogP contribution in [-0.4, -0.2) is 34.6 Å². The van der Waals surface area contributed by atoms with Gasteiger partial charge in [0.1, 0.15) is 17.2 Å². The molecule has 0 fully saturated rings. The van der Waals surface area contributed by atoms with Crippen LogP contribution in [0, 0.1) is 0 Å². The number of hydrogen-bond donors (Lipinski definition) is 1. The van der Waals surface area contributed by atoms with Gasteiger partial charge in [-0.15, -0.1) is 0 Å². The molecular formula is C11H14ClNO5S. The van der Waals surface area contributed by atoms with E-state index in [0.717, 1.165) is 0 Å². The van der Waals surface area contributed by atoms with E-state index in [-0.39, 0.29) is 17.3 Å². The Labute approximate surface area is 116 Å². The summed E-state index contributed by atoms with van der Waals surface area (Å²) >= 11 is 5.75. The first kappa shape index (κ1) is 15.7. The highest BCUT2D eigenvalue weighted by Gasteiger charge is 2.20. The summed E-state index contributed by atoms with van der Waals surface area (Å²) in [5, 5.41) is 0.348. The molecule has 0 saturated carbocycles. The van der Waals surface area contributed by atoms with Crippen LogP contribution in [0.25, 0.3) is 0 Å². The van der Waals surface area contributed by atoms with Crippen LogP contribution in [0.5, 0.6) is 5.75 Å². The van der Waals surface area contributed by atoms with Crippen LogP contribution in [-0.2, 0) is 19.6 Å². The summed E-state index contributed by atoms with van der Waals surface area (Å²) in [6.45, 7) is 1.38. The second kappa shape index (κ2) is 6.74. The number of nitrogens with one attached hydrogen (secondary N) is 1. The largest absolute Gasteiger partial charge is 0.495 e. The minimum Gasteiger partial charge on any atom is -0.495 e. The van der Waals surface area contributed by atoms with Crippen molar-refractivity contribution in [3.63, 3.8) is 0 Å². The molecule has 1 rings (SSSR count). The Morgan fingerprint density at radius 2 is 2.11 bits per heavy atom. The highest BCUT2D eigenvalue weighted by molar-refractivity contribution is 7.89. The number of benzene rings is 1. The van der Waals surface area contributed by atoms with E-state index in [1.54, 1.807) is 6.92 Å². The molecule has 106 valence electrons. The summed E-state index contributed by atoms with van der Waals surface area (Å²) in [6, 6.07) is 4.10. The summed E-state index contributed by atoms with van der Waals surface area (Å²) < 4.78 is 35.7. The predicted molar refractivity (Wildman–Crippen MR) is 69.8 cm³/mol. The molecule has 1 aromatic carbocycles. The molecule has 0 radical (unpaired) electrons. The maximum absolute atomic E-state index is 12.0. The average molecular weight is 308 g/mol. The first-order chi connectivity index (χ1) is 8.90. The SMILES string of the molecule is CCOC(=O)CNS(=O)(=O)c1ccc(Cl)cc1OC. The van der Waals surface area contributed by atoms with Gasteiger partial charge in [0.05, 0.1) is 13.7 Å². The molecule has 0 saturated heterocycles. The van der Waals surface area contributed by atoms with E-state index in [1.807, 2.05) is 0 Å². The molecule has 19 heavy (non-hydrogen) atoms. The molecule has 0 aromatic heterocycles. The van der Waals surface area contributed by atoms with Crippen LogP contribution < -0.4 is 9.46 Å². The van der Waals surface area contributed by atoms with Gasteiger partial charge in [-0.2, -0.15) is 4.72 Å². The van der Waals surface area contributed by atoms with Gasteiger partial charge >= 0.3 is 5.97 Å².